The van der Waals surface area contributed by atoms with Crippen molar-refractivity contribution in [2.75, 3.05) is 4.90 Å². The van der Waals surface area contributed by atoms with Crippen LogP contribution >= 0.6 is 11.3 Å². The molecule has 58 heavy (non-hydrogen) atoms. The topological polar surface area (TPSA) is 21.3 Å². The molecule has 0 saturated carbocycles. The van der Waals surface area contributed by atoms with Crippen LogP contribution in [0, 0.1) is 0 Å². The van der Waals surface area contributed by atoms with Gasteiger partial charge in [0.1, 0.15) is 11.2 Å². The first kappa shape index (κ1) is 32.8. The molecule has 0 radical (unpaired) electrons. The first-order valence-electron chi connectivity index (χ1n) is 19.7. The molecule has 0 atom stereocenters. The monoisotopic (exact) mass is 758 g/mol. The van der Waals surface area contributed by atoms with Crippen LogP contribution in [0.2, 0.25) is 0 Å². The summed E-state index contributed by atoms with van der Waals surface area (Å²) < 4.78 is 11.6. The molecular formula is C54H34N2OS. The van der Waals surface area contributed by atoms with Crippen LogP contribution in [0.5, 0.6) is 0 Å². The second-order valence-electron chi connectivity index (χ2n) is 14.8. The van der Waals surface area contributed by atoms with Gasteiger partial charge in [0.05, 0.1) is 38.5 Å². The second kappa shape index (κ2) is 13.1. The molecule has 0 spiro atoms. The van der Waals surface area contributed by atoms with Crippen molar-refractivity contribution < 1.29 is 4.42 Å². The van der Waals surface area contributed by atoms with E-state index in [2.05, 4.69) is 210 Å². The van der Waals surface area contributed by atoms with Crippen molar-refractivity contribution in [3.8, 4) is 27.9 Å². The minimum absolute atomic E-state index is 0.897. The van der Waals surface area contributed by atoms with Crippen molar-refractivity contribution in [3.05, 3.63) is 206 Å². The highest BCUT2D eigenvalue weighted by molar-refractivity contribution is 7.26. The quantitative estimate of drug-likeness (QED) is 0.168. The molecule has 0 aliphatic carbocycles. The van der Waals surface area contributed by atoms with Crippen LogP contribution < -0.4 is 4.90 Å². The predicted octanol–water partition coefficient (Wildman–Crippen LogP) is 15.9. The number of nitrogens with zero attached hydrogens (tertiary/aromatic N) is 2. The Morgan fingerprint density at radius 1 is 0.397 bits per heavy atom. The number of fused-ring (bicyclic) bond motifs is 9. The Morgan fingerprint density at radius 3 is 1.91 bits per heavy atom. The molecule has 0 aliphatic rings. The van der Waals surface area contributed by atoms with E-state index < -0.39 is 0 Å². The summed E-state index contributed by atoms with van der Waals surface area (Å²) in [6.45, 7) is 0. The van der Waals surface area contributed by atoms with E-state index in [1.54, 1.807) is 0 Å². The largest absolute Gasteiger partial charge is 0.455 e. The van der Waals surface area contributed by atoms with Crippen molar-refractivity contribution in [2.24, 2.45) is 0 Å². The summed E-state index contributed by atoms with van der Waals surface area (Å²) in [6.07, 6.45) is 0. The van der Waals surface area contributed by atoms with Crippen LogP contribution in [-0.2, 0) is 0 Å². The van der Waals surface area contributed by atoms with Gasteiger partial charge in [0.15, 0.2) is 0 Å². The number of hydrogen-bond donors (Lipinski definition) is 0. The van der Waals surface area contributed by atoms with Gasteiger partial charge in [0.2, 0.25) is 0 Å². The van der Waals surface area contributed by atoms with Crippen LogP contribution in [0.4, 0.5) is 17.1 Å². The van der Waals surface area contributed by atoms with Gasteiger partial charge in [-0.1, -0.05) is 158 Å². The van der Waals surface area contributed by atoms with Crippen molar-refractivity contribution in [3.63, 3.8) is 0 Å². The third-order valence-electron chi connectivity index (χ3n) is 11.6. The fourth-order valence-electron chi connectivity index (χ4n) is 9.13. The van der Waals surface area contributed by atoms with Crippen molar-refractivity contribution in [2.45, 2.75) is 0 Å². The molecule has 12 rings (SSSR count). The molecule has 272 valence electrons. The lowest BCUT2D eigenvalue weighted by Crippen LogP contribution is -2.12. The van der Waals surface area contributed by atoms with Crippen LogP contribution in [0.25, 0.3) is 91.9 Å². The Morgan fingerprint density at radius 2 is 1.00 bits per heavy atom. The molecule has 0 aliphatic heterocycles. The average Bonchev–Trinajstić information content (AvgIpc) is 3.97. The Labute approximate surface area is 338 Å². The van der Waals surface area contributed by atoms with Crippen LogP contribution in [-0.4, -0.2) is 4.57 Å². The number of hydrogen-bond acceptors (Lipinski definition) is 3. The zero-order valence-electron chi connectivity index (χ0n) is 31.3. The number of rotatable bonds is 6. The summed E-state index contributed by atoms with van der Waals surface area (Å²) >= 11 is 1.86. The second-order valence-corrected chi connectivity index (χ2v) is 15.8. The molecule has 12 aromatic rings. The molecule has 0 unspecified atom stereocenters. The van der Waals surface area contributed by atoms with E-state index in [0.29, 0.717) is 0 Å². The Hall–Kier alpha value is -7.40. The highest BCUT2D eigenvalue weighted by Crippen LogP contribution is 2.51. The van der Waals surface area contributed by atoms with Gasteiger partial charge in [-0.15, -0.1) is 11.3 Å². The van der Waals surface area contributed by atoms with E-state index in [9.17, 15) is 0 Å². The van der Waals surface area contributed by atoms with Gasteiger partial charge in [0, 0.05) is 53.7 Å². The zero-order chi connectivity index (χ0) is 38.2. The number of benzene rings is 9. The number of thiophene rings is 1. The lowest BCUT2D eigenvalue weighted by molar-refractivity contribution is 0.670. The number of aromatic nitrogens is 1. The van der Waals surface area contributed by atoms with E-state index in [1.165, 1.54) is 42.1 Å². The lowest BCUT2D eigenvalue weighted by Gasteiger charge is -2.29. The van der Waals surface area contributed by atoms with Gasteiger partial charge in [-0.25, -0.2) is 0 Å². The van der Waals surface area contributed by atoms with E-state index in [1.807, 2.05) is 17.4 Å². The molecule has 0 fully saturated rings. The molecule has 3 aromatic heterocycles. The van der Waals surface area contributed by atoms with Crippen LogP contribution in [0.1, 0.15) is 0 Å². The Balaban J connectivity index is 1.17. The molecule has 9 aromatic carbocycles. The van der Waals surface area contributed by atoms with Crippen LogP contribution in [0.15, 0.2) is 211 Å². The Bertz CT molecular complexity index is 3540. The van der Waals surface area contributed by atoms with Gasteiger partial charge in [-0.2, -0.15) is 0 Å². The van der Waals surface area contributed by atoms with Gasteiger partial charge in [-0.05, 0) is 54.1 Å². The zero-order valence-corrected chi connectivity index (χ0v) is 32.2. The van der Waals surface area contributed by atoms with Crippen molar-refractivity contribution in [1.29, 1.82) is 0 Å². The van der Waals surface area contributed by atoms with Gasteiger partial charge in [-0.3, -0.25) is 0 Å². The van der Waals surface area contributed by atoms with Crippen molar-refractivity contribution in [1.82, 2.24) is 4.57 Å². The smallest absolute Gasteiger partial charge is 0.143 e. The summed E-state index contributed by atoms with van der Waals surface area (Å²) in [5.74, 6) is 0. The van der Waals surface area contributed by atoms with Crippen molar-refractivity contribution >= 4 is 92.3 Å². The highest BCUT2D eigenvalue weighted by atomic mass is 32.1. The normalized spacial score (nSPS) is 11.8. The van der Waals surface area contributed by atoms with E-state index in [4.69, 9.17) is 4.42 Å². The maximum Gasteiger partial charge on any atom is 0.143 e. The molecule has 3 nitrogen and oxygen atoms in total. The first-order valence-corrected chi connectivity index (χ1v) is 20.5. The Kier molecular flexibility index (Phi) is 7.40. The third-order valence-corrected chi connectivity index (χ3v) is 12.8. The van der Waals surface area contributed by atoms with E-state index >= 15 is 0 Å². The maximum absolute atomic E-state index is 6.62. The van der Waals surface area contributed by atoms with Gasteiger partial charge >= 0.3 is 0 Å². The standard InChI is InChI=1S/C54H34N2OS/c1-2-17-35(18-3-1)36-19-4-9-27-44(36)56(49-32-15-26-42-39-22-8-13-34-51(39)58-54(42)49)48-31-16-30-47-52(48)43-23-6-11-29-46(43)55(47)45-28-10-5-20-37(45)40-24-14-25-41-38-21-7-12-33-50(38)57-53(40)41/h1-34H. The minimum Gasteiger partial charge on any atom is -0.455 e. The fraction of sp³-hybridized carbons (Fsp3) is 0. The summed E-state index contributed by atoms with van der Waals surface area (Å²) in [6, 6.07) is 74.4. The number of furan rings is 1. The number of anilines is 3. The molecule has 0 bridgehead atoms. The first-order chi connectivity index (χ1) is 28.8. The fourth-order valence-corrected chi connectivity index (χ4v) is 10.3. The third kappa shape index (κ3) is 4.92. The SMILES string of the molecule is c1ccc(-c2ccccc2N(c2cccc3c2sc2ccccc23)c2cccc3c2c2ccccc2n3-c2ccccc2-c2cccc3c2oc2ccccc23)cc1. The molecule has 0 saturated heterocycles. The molecule has 4 heteroatoms. The summed E-state index contributed by atoms with van der Waals surface area (Å²) in [4.78, 5) is 2.51. The molecular weight excluding hydrogens is 725 g/mol. The number of para-hydroxylation sites is 5. The molecule has 3 heterocycles. The van der Waals surface area contributed by atoms with Crippen LogP contribution in [0.3, 0.4) is 0 Å². The molecule has 0 amide bonds. The lowest BCUT2D eigenvalue weighted by atomic mass is 10.00. The molecule has 0 N–H and O–H groups in total. The summed E-state index contributed by atoms with van der Waals surface area (Å²) in [5, 5.41) is 7.18. The average molecular weight is 759 g/mol. The maximum atomic E-state index is 6.62. The van der Waals surface area contributed by atoms with E-state index in [0.717, 1.165) is 66.8 Å². The van der Waals surface area contributed by atoms with Gasteiger partial charge < -0.3 is 13.9 Å². The van der Waals surface area contributed by atoms with E-state index in [-0.39, 0.29) is 0 Å². The van der Waals surface area contributed by atoms with Gasteiger partial charge in [0.25, 0.3) is 0 Å². The highest BCUT2D eigenvalue weighted by Gasteiger charge is 2.26. The summed E-state index contributed by atoms with van der Waals surface area (Å²) in [7, 11) is 0. The minimum atomic E-state index is 0.897. The predicted molar refractivity (Wildman–Crippen MR) is 247 cm³/mol. The summed E-state index contributed by atoms with van der Waals surface area (Å²) in [5.41, 5.74) is 13.1.